The zero-order valence-corrected chi connectivity index (χ0v) is 11.9. The Labute approximate surface area is 120 Å². The molecule has 0 heterocycles. The van der Waals surface area contributed by atoms with Gasteiger partial charge in [-0.05, 0) is 44.4 Å². The minimum absolute atomic E-state index is 0.147. The summed E-state index contributed by atoms with van der Waals surface area (Å²) in [6, 6.07) is -0.147. The molecule has 0 aliphatic heterocycles. The molecule has 0 aromatic heterocycles. The van der Waals surface area contributed by atoms with Crippen molar-refractivity contribution in [2.24, 2.45) is 11.8 Å². The van der Waals surface area contributed by atoms with Crippen molar-refractivity contribution in [3.63, 3.8) is 0 Å². The molecular weight excluding hydrogens is 256 g/mol. The summed E-state index contributed by atoms with van der Waals surface area (Å²) >= 11 is 0. The monoisotopic (exact) mass is 280 g/mol. The van der Waals surface area contributed by atoms with Crippen LogP contribution >= 0.6 is 0 Å². The number of urea groups is 1. The molecule has 0 aromatic rings. The van der Waals surface area contributed by atoms with Crippen molar-refractivity contribution >= 4 is 12.0 Å². The minimum atomic E-state index is -0.693. The molecule has 20 heavy (non-hydrogen) atoms. The summed E-state index contributed by atoms with van der Waals surface area (Å²) in [5, 5.41) is 14.6. The lowest BCUT2D eigenvalue weighted by molar-refractivity contribution is -0.143. The molecule has 1 rings (SSSR count). The van der Waals surface area contributed by atoms with E-state index >= 15 is 0 Å². The number of rotatable bonds is 7. The molecule has 2 amide bonds. The Balaban J connectivity index is 2.04. The van der Waals surface area contributed by atoms with E-state index in [-0.39, 0.29) is 11.9 Å². The maximum Gasteiger partial charge on any atom is 0.314 e. The van der Waals surface area contributed by atoms with Gasteiger partial charge in [0.1, 0.15) is 0 Å². The molecule has 0 unspecified atom stereocenters. The third kappa shape index (κ3) is 6.46. The van der Waals surface area contributed by atoms with Gasteiger partial charge in [0.15, 0.2) is 0 Å². The van der Waals surface area contributed by atoms with Crippen LogP contribution in [0.25, 0.3) is 0 Å². The maximum absolute atomic E-state index is 11.5. The quantitative estimate of drug-likeness (QED) is 0.493. The van der Waals surface area contributed by atoms with Gasteiger partial charge in [0.2, 0.25) is 0 Å². The number of carbonyl (C=O) groups is 2. The third-order valence-corrected chi connectivity index (χ3v) is 3.78. The van der Waals surface area contributed by atoms with Crippen LogP contribution in [0.5, 0.6) is 0 Å². The lowest BCUT2D eigenvalue weighted by Crippen LogP contribution is -2.39. The van der Waals surface area contributed by atoms with E-state index in [0.29, 0.717) is 19.0 Å². The van der Waals surface area contributed by atoms with Crippen molar-refractivity contribution in [1.29, 1.82) is 0 Å². The van der Waals surface area contributed by atoms with Crippen molar-refractivity contribution in [3.05, 3.63) is 0 Å². The van der Waals surface area contributed by atoms with E-state index in [1.165, 1.54) is 0 Å². The summed E-state index contributed by atoms with van der Waals surface area (Å²) in [4.78, 5) is 22.4. The fraction of sp³-hybridized carbons (Fsp3) is 0.733. The topological polar surface area (TPSA) is 78.4 Å². The van der Waals surface area contributed by atoms with Crippen molar-refractivity contribution in [2.75, 3.05) is 13.1 Å². The van der Waals surface area contributed by atoms with E-state index in [4.69, 9.17) is 11.5 Å². The van der Waals surface area contributed by atoms with Crippen LogP contribution in [0, 0.1) is 24.2 Å². The highest BCUT2D eigenvalue weighted by atomic mass is 16.4. The van der Waals surface area contributed by atoms with Crippen LogP contribution in [0.4, 0.5) is 4.79 Å². The lowest BCUT2D eigenvalue weighted by Gasteiger charge is -2.26. The number of terminal acetylenes is 1. The van der Waals surface area contributed by atoms with Crippen LogP contribution in [-0.4, -0.2) is 30.2 Å². The van der Waals surface area contributed by atoms with Crippen molar-refractivity contribution in [2.45, 2.75) is 44.9 Å². The Morgan fingerprint density at radius 3 is 2.45 bits per heavy atom. The number of unbranched alkanes of at least 4 members (excludes halogenated alkanes) is 2. The summed E-state index contributed by atoms with van der Waals surface area (Å²) in [6.07, 6.45) is 10.9. The Bertz CT molecular complexity index is 355. The van der Waals surface area contributed by atoms with Crippen LogP contribution in [0.15, 0.2) is 0 Å². The van der Waals surface area contributed by atoms with Gasteiger partial charge in [-0.1, -0.05) is 0 Å². The number of nitrogens with one attached hydrogen (secondary N) is 2. The number of aliphatic carboxylic acids is 1. The molecule has 5 nitrogen and oxygen atoms in total. The van der Waals surface area contributed by atoms with Crippen molar-refractivity contribution in [3.8, 4) is 12.3 Å². The first kappa shape index (κ1) is 16.4. The zero-order valence-electron chi connectivity index (χ0n) is 11.9. The van der Waals surface area contributed by atoms with E-state index in [1.54, 1.807) is 0 Å². The fourth-order valence-corrected chi connectivity index (χ4v) is 2.47. The van der Waals surface area contributed by atoms with E-state index in [2.05, 4.69) is 16.6 Å². The largest absolute Gasteiger partial charge is 0.481 e. The molecule has 112 valence electrons. The summed E-state index contributed by atoms with van der Waals surface area (Å²) in [5.41, 5.74) is 0. The maximum atomic E-state index is 11.5. The predicted molar refractivity (Wildman–Crippen MR) is 77.2 cm³/mol. The van der Waals surface area contributed by atoms with Crippen molar-refractivity contribution < 1.29 is 14.7 Å². The SMILES string of the molecule is C#CCCCCNC(=O)NCC1CCC(C(=O)O)CC1. The molecule has 0 bridgehead atoms. The standard InChI is InChI=1S/C15H24N2O3/c1-2-3-4-5-10-16-15(20)17-11-12-6-8-13(9-7-12)14(18)19/h1,12-13H,3-11H2,(H,18,19)(H2,16,17,20). The van der Waals surface area contributed by atoms with Crippen LogP contribution < -0.4 is 10.6 Å². The van der Waals surface area contributed by atoms with Crippen molar-refractivity contribution in [1.82, 2.24) is 10.6 Å². The van der Waals surface area contributed by atoms with Crippen LogP contribution in [0.3, 0.4) is 0 Å². The van der Waals surface area contributed by atoms with Gasteiger partial charge in [-0.2, -0.15) is 0 Å². The fourth-order valence-electron chi connectivity index (χ4n) is 2.47. The molecule has 1 fully saturated rings. The average Bonchev–Trinajstić information content (AvgIpc) is 2.45. The van der Waals surface area contributed by atoms with Gasteiger partial charge in [0, 0.05) is 19.5 Å². The average molecular weight is 280 g/mol. The number of hydrogen-bond donors (Lipinski definition) is 3. The van der Waals surface area contributed by atoms with E-state index in [0.717, 1.165) is 44.9 Å². The molecule has 0 radical (unpaired) electrons. The second-order valence-corrected chi connectivity index (χ2v) is 5.35. The second-order valence-electron chi connectivity index (χ2n) is 5.35. The first-order valence-corrected chi connectivity index (χ1v) is 7.31. The summed E-state index contributed by atoms with van der Waals surface area (Å²) in [6.45, 7) is 1.27. The van der Waals surface area contributed by atoms with Gasteiger partial charge in [0.25, 0.3) is 0 Å². The van der Waals surface area contributed by atoms with Gasteiger partial charge in [0.05, 0.1) is 5.92 Å². The van der Waals surface area contributed by atoms with Gasteiger partial charge in [-0.25, -0.2) is 4.79 Å². The molecule has 1 saturated carbocycles. The number of hydrogen-bond acceptors (Lipinski definition) is 2. The minimum Gasteiger partial charge on any atom is -0.481 e. The Hall–Kier alpha value is -1.70. The highest BCUT2D eigenvalue weighted by Crippen LogP contribution is 2.28. The Kier molecular flexibility index (Phi) is 7.56. The first-order chi connectivity index (χ1) is 9.63. The van der Waals surface area contributed by atoms with Gasteiger partial charge < -0.3 is 15.7 Å². The molecule has 0 spiro atoms. The number of carbonyl (C=O) groups excluding carboxylic acids is 1. The number of carboxylic acids is 1. The second kappa shape index (κ2) is 9.24. The smallest absolute Gasteiger partial charge is 0.314 e. The highest BCUT2D eigenvalue weighted by molar-refractivity contribution is 5.73. The zero-order chi connectivity index (χ0) is 14.8. The summed E-state index contributed by atoms with van der Waals surface area (Å²) in [5.74, 6) is 2.07. The van der Waals surface area contributed by atoms with Crippen LogP contribution in [0.2, 0.25) is 0 Å². The highest BCUT2D eigenvalue weighted by Gasteiger charge is 2.25. The molecular formula is C15H24N2O3. The molecule has 1 aliphatic rings. The predicted octanol–water partition coefficient (Wildman–Crippen LogP) is 1.98. The molecule has 5 heteroatoms. The summed E-state index contributed by atoms with van der Waals surface area (Å²) < 4.78 is 0. The van der Waals surface area contributed by atoms with Crippen LogP contribution in [0.1, 0.15) is 44.9 Å². The normalized spacial score (nSPS) is 21.8. The lowest BCUT2D eigenvalue weighted by atomic mass is 9.82. The summed E-state index contributed by atoms with van der Waals surface area (Å²) in [7, 11) is 0. The first-order valence-electron chi connectivity index (χ1n) is 7.31. The Morgan fingerprint density at radius 2 is 1.85 bits per heavy atom. The van der Waals surface area contributed by atoms with Gasteiger partial charge in [-0.3, -0.25) is 4.79 Å². The molecule has 0 atom stereocenters. The van der Waals surface area contributed by atoms with E-state index in [9.17, 15) is 9.59 Å². The van der Waals surface area contributed by atoms with Crippen LogP contribution in [-0.2, 0) is 4.79 Å². The third-order valence-electron chi connectivity index (χ3n) is 3.78. The van der Waals surface area contributed by atoms with E-state index < -0.39 is 5.97 Å². The van der Waals surface area contributed by atoms with Gasteiger partial charge in [-0.15, -0.1) is 12.3 Å². The van der Waals surface area contributed by atoms with E-state index in [1.807, 2.05) is 0 Å². The molecule has 0 saturated heterocycles. The van der Waals surface area contributed by atoms with Gasteiger partial charge >= 0.3 is 12.0 Å². The number of carboxylic acid groups (broad SMARTS) is 1. The molecule has 3 N–H and O–H groups in total. The molecule has 0 aromatic carbocycles. The Morgan fingerprint density at radius 1 is 1.15 bits per heavy atom. The number of amides is 2. The molecule has 1 aliphatic carbocycles.